The molecule has 8 heteroatoms. The highest BCUT2D eigenvalue weighted by molar-refractivity contribution is 7.14. The van der Waals surface area contributed by atoms with E-state index < -0.39 is 0 Å². The van der Waals surface area contributed by atoms with Crippen LogP contribution in [0.4, 0.5) is 5.69 Å². The number of nitrogens with zero attached hydrogens (tertiary/aromatic N) is 4. The fraction of sp³-hybridized carbons (Fsp3) is 0.433. The first-order valence-electron chi connectivity index (χ1n) is 13.3. The Morgan fingerprint density at radius 2 is 1.79 bits per heavy atom. The van der Waals surface area contributed by atoms with Crippen LogP contribution in [0, 0.1) is 19.8 Å². The molecule has 0 saturated heterocycles. The van der Waals surface area contributed by atoms with Crippen molar-refractivity contribution in [2.45, 2.75) is 53.6 Å². The molecule has 0 unspecified atom stereocenters. The second kappa shape index (κ2) is 12.5. The lowest BCUT2D eigenvalue weighted by Crippen LogP contribution is -2.48. The lowest BCUT2D eigenvalue weighted by molar-refractivity contribution is -0.145. The fourth-order valence-electron chi connectivity index (χ4n) is 4.72. The first-order valence-corrected chi connectivity index (χ1v) is 14.2. The van der Waals surface area contributed by atoms with Crippen molar-refractivity contribution in [3.63, 3.8) is 0 Å². The number of anilines is 1. The van der Waals surface area contributed by atoms with Gasteiger partial charge in [0.25, 0.3) is 5.91 Å². The molecule has 0 aliphatic carbocycles. The molecule has 4 rings (SSSR count). The Balaban J connectivity index is 1.52. The third-order valence-electron chi connectivity index (χ3n) is 6.97. The number of benzene rings is 2. The predicted molar refractivity (Wildman–Crippen MR) is 155 cm³/mol. The highest BCUT2D eigenvalue weighted by Gasteiger charge is 2.27. The van der Waals surface area contributed by atoms with Gasteiger partial charge in [0.1, 0.15) is 5.01 Å². The molecule has 7 nitrogen and oxygen atoms in total. The van der Waals surface area contributed by atoms with E-state index in [1.54, 1.807) is 16.3 Å². The molecule has 1 aliphatic rings. The summed E-state index contributed by atoms with van der Waals surface area (Å²) in [6, 6.07) is 14.4. The van der Waals surface area contributed by atoms with Gasteiger partial charge < -0.3 is 10.2 Å². The maximum Gasteiger partial charge on any atom is 0.256 e. The highest BCUT2D eigenvalue weighted by Crippen LogP contribution is 2.31. The molecule has 202 valence electrons. The van der Waals surface area contributed by atoms with E-state index in [0.717, 1.165) is 39.5 Å². The minimum atomic E-state index is -0.0762. The number of carbonyl (C=O) groups is 2. The van der Waals surface area contributed by atoms with Crippen LogP contribution in [0.1, 0.15) is 48.3 Å². The molecule has 3 aromatic rings. The minimum absolute atomic E-state index is 0.0553. The molecule has 0 saturated carbocycles. The second-order valence-electron chi connectivity index (χ2n) is 10.5. The standard InChI is InChI=1S/C30H39N5O2S/c1-21(2)9-8-14-31-28(36)19-34(27-15-24(13-12-22(27)3)30-32-16-23(4)38-30)20-29(37)33(5)35-17-25-10-6-7-11-26(25)18-35/h6-7,10-13,15-16,21H,8-9,14,17-20H2,1-5H3,(H,31,36). The zero-order valence-electron chi connectivity index (χ0n) is 23.2. The van der Waals surface area contributed by atoms with Gasteiger partial charge in [0.05, 0.1) is 13.1 Å². The molecular weight excluding hydrogens is 494 g/mol. The van der Waals surface area contributed by atoms with Crippen LogP contribution in [0.25, 0.3) is 10.6 Å². The van der Waals surface area contributed by atoms with E-state index in [-0.39, 0.29) is 24.9 Å². The van der Waals surface area contributed by atoms with Crippen LogP contribution >= 0.6 is 11.3 Å². The van der Waals surface area contributed by atoms with Crippen LogP contribution in [0.3, 0.4) is 0 Å². The van der Waals surface area contributed by atoms with Gasteiger partial charge in [0, 0.05) is 49.0 Å². The minimum Gasteiger partial charge on any atom is -0.355 e. The SMILES string of the molecule is Cc1cnc(-c2ccc(C)c(N(CC(=O)NCCCC(C)C)CC(=O)N(C)N3Cc4ccccc4C3)c2)s1. The summed E-state index contributed by atoms with van der Waals surface area (Å²) in [5.41, 5.74) is 5.36. The van der Waals surface area contributed by atoms with Gasteiger partial charge in [-0.25, -0.2) is 9.99 Å². The molecule has 1 aliphatic heterocycles. The van der Waals surface area contributed by atoms with Crippen molar-refractivity contribution in [3.05, 3.63) is 70.2 Å². The van der Waals surface area contributed by atoms with Gasteiger partial charge in [-0.3, -0.25) is 14.6 Å². The zero-order chi connectivity index (χ0) is 27.2. The third-order valence-corrected chi connectivity index (χ3v) is 7.93. The second-order valence-corrected chi connectivity index (χ2v) is 11.8. The van der Waals surface area contributed by atoms with Crippen molar-refractivity contribution in [2.24, 2.45) is 5.92 Å². The number of likely N-dealkylation sites (N-methyl/N-ethyl adjacent to an activating group) is 1. The summed E-state index contributed by atoms with van der Waals surface area (Å²) in [6.45, 7) is 10.7. The van der Waals surface area contributed by atoms with Crippen LogP contribution < -0.4 is 10.2 Å². The number of thiazole rings is 1. The molecule has 0 bridgehead atoms. The highest BCUT2D eigenvalue weighted by atomic mass is 32.1. The summed E-state index contributed by atoms with van der Waals surface area (Å²) in [5, 5.41) is 7.74. The summed E-state index contributed by atoms with van der Waals surface area (Å²) < 4.78 is 0. The van der Waals surface area contributed by atoms with Gasteiger partial charge in [-0.1, -0.05) is 50.2 Å². The summed E-state index contributed by atoms with van der Waals surface area (Å²) in [5.74, 6) is 0.473. The smallest absolute Gasteiger partial charge is 0.256 e. The Labute approximate surface area is 230 Å². The number of carbonyl (C=O) groups excluding carboxylic acids is 2. The number of hydrazine groups is 1. The summed E-state index contributed by atoms with van der Waals surface area (Å²) in [7, 11) is 1.82. The monoisotopic (exact) mass is 533 g/mol. The maximum absolute atomic E-state index is 13.6. The van der Waals surface area contributed by atoms with E-state index in [1.165, 1.54) is 11.1 Å². The molecule has 1 N–H and O–H groups in total. The number of fused-ring (bicyclic) bond motifs is 1. The first-order chi connectivity index (χ1) is 18.2. The van der Waals surface area contributed by atoms with E-state index in [4.69, 9.17) is 0 Å². The summed E-state index contributed by atoms with van der Waals surface area (Å²) in [4.78, 5) is 34.1. The summed E-state index contributed by atoms with van der Waals surface area (Å²) in [6.07, 6.45) is 3.88. The number of hydrogen-bond acceptors (Lipinski definition) is 6. The van der Waals surface area contributed by atoms with Gasteiger partial charge in [-0.15, -0.1) is 11.3 Å². The van der Waals surface area contributed by atoms with Crippen molar-refractivity contribution in [3.8, 4) is 10.6 Å². The van der Waals surface area contributed by atoms with Crippen LogP contribution in [0.5, 0.6) is 0 Å². The van der Waals surface area contributed by atoms with Crippen LogP contribution in [-0.4, -0.2) is 53.5 Å². The maximum atomic E-state index is 13.6. The van der Waals surface area contributed by atoms with Crippen LogP contribution in [0.2, 0.25) is 0 Å². The van der Waals surface area contributed by atoms with E-state index in [0.29, 0.717) is 25.6 Å². The fourth-order valence-corrected chi connectivity index (χ4v) is 5.48. The quantitative estimate of drug-likeness (QED) is 0.344. The van der Waals surface area contributed by atoms with Gasteiger partial charge in [-0.05, 0) is 55.4 Å². The Morgan fingerprint density at radius 3 is 2.42 bits per heavy atom. The molecule has 38 heavy (non-hydrogen) atoms. The number of hydrogen-bond donors (Lipinski definition) is 1. The third kappa shape index (κ3) is 6.99. The van der Waals surface area contributed by atoms with Crippen LogP contribution in [0.15, 0.2) is 48.7 Å². The zero-order valence-corrected chi connectivity index (χ0v) is 24.0. The average molecular weight is 534 g/mol. The van der Waals surface area contributed by atoms with Gasteiger partial charge in [0.15, 0.2) is 0 Å². The van der Waals surface area contributed by atoms with E-state index in [9.17, 15) is 9.59 Å². The van der Waals surface area contributed by atoms with Crippen molar-refractivity contribution in [1.82, 2.24) is 20.3 Å². The van der Waals surface area contributed by atoms with E-state index in [2.05, 4.69) is 53.4 Å². The van der Waals surface area contributed by atoms with Gasteiger partial charge in [0.2, 0.25) is 5.91 Å². The van der Waals surface area contributed by atoms with Crippen molar-refractivity contribution >= 4 is 28.8 Å². The number of nitrogens with one attached hydrogen (secondary N) is 1. The van der Waals surface area contributed by atoms with Crippen LogP contribution in [-0.2, 0) is 22.7 Å². The number of aryl methyl sites for hydroxylation is 2. The van der Waals surface area contributed by atoms with Crippen molar-refractivity contribution < 1.29 is 9.59 Å². The molecule has 2 amide bonds. The summed E-state index contributed by atoms with van der Waals surface area (Å²) >= 11 is 1.64. The Bertz CT molecular complexity index is 1250. The molecular formula is C30H39N5O2S. The topological polar surface area (TPSA) is 68.8 Å². The van der Waals surface area contributed by atoms with Crippen molar-refractivity contribution in [1.29, 1.82) is 0 Å². The lowest BCUT2D eigenvalue weighted by atomic mass is 10.1. The number of rotatable bonds is 11. The van der Waals surface area contributed by atoms with Gasteiger partial charge >= 0.3 is 0 Å². The molecule has 1 aromatic heterocycles. The van der Waals surface area contributed by atoms with Gasteiger partial charge in [-0.2, -0.15) is 0 Å². The number of aromatic nitrogens is 1. The molecule has 0 spiro atoms. The largest absolute Gasteiger partial charge is 0.355 e. The number of amides is 2. The molecule has 0 atom stereocenters. The molecule has 0 fully saturated rings. The van der Waals surface area contributed by atoms with Crippen molar-refractivity contribution in [2.75, 3.05) is 31.6 Å². The molecule has 2 heterocycles. The average Bonchev–Trinajstić information content (AvgIpc) is 3.52. The molecule has 2 aromatic carbocycles. The Morgan fingerprint density at radius 1 is 1.08 bits per heavy atom. The first kappa shape index (κ1) is 27.8. The predicted octanol–water partition coefficient (Wildman–Crippen LogP) is 5.17. The Hall–Kier alpha value is -3.23. The van der Waals surface area contributed by atoms with E-state index in [1.807, 2.05) is 50.2 Å². The lowest BCUT2D eigenvalue weighted by Gasteiger charge is -2.32. The molecule has 0 radical (unpaired) electrons. The van der Waals surface area contributed by atoms with E-state index >= 15 is 0 Å². The Kier molecular flexibility index (Phi) is 9.17. The normalized spacial score (nSPS) is 13.0.